The summed E-state index contributed by atoms with van der Waals surface area (Å²) in [6, 6.07) is 0. The van der Waals surface area contributed by atoms with Crippen LogP contribution in [0.3, 0.4) is 0 Å². The normalized spacial score (nSPS) is 9.90. The molecule has 56 valence electrons. The van der Waals surface area contributed by atoms with Crippen LogP contribution in [0.15, 0.2) is 0 Å². The van der Waals surface area contributed by atoms with Crippen LogP contribution in [0.25, 0.3) is 0 Å². The molecule has 0 unspecified atom stereocenters. The second-order valence-electron chi connectivity index (χ2n) is 2.45. The highest BCUT2D eigenvalue weighted by molar-refractivity contribution is 5.57. The number of imidazole rings is 1. The van der Waals surface area contributed by atoms with Crippen molar-refractivity contribution in [3.8, 4) is 0 Å². The lowest BCUT2D eigenvalue weighted by atomic mass is 10.6. The number of anilines is 2. The first-order valence-electron chi connectivity index (χ1n) is 3.10. The van der Waals surface area contributed by atoms with Crippen LogP contribution in [0.1, 0.15) is 5.82 Å². The lowest BCUT2D eigenvalue weighted by Crippen LogP contribution is -2.10. The summed E-state index contributed by atoms with van der Waals surface area (Å²) in [6.07, 6.45) is 0. The van der Waals surface area contributed by atoms with Gasteiger partial charge in [-0.05, 0) is 6.92 Å². The molecule has 0 aliphatic carbocycles. The molecule has 0 fully saturated rings. The molecule has 3 N–H and O–H groups in total. The quantitative estimate of drug-likeness (QED) is 0.592. The summed E-state index contributed by atoms with van der Waals surface area (Å²) in [6.45, 7) is 1.88. The van der Waals surface area contributed by atoms with E-state index in [1.165, 1.54) is 0 Å². The van der Waals surface area contributed by atoms with Crippen LogP contribution in [-0.2, 0) is 0 Å². The van der Waals surface area contributed by atoms with Crippen LogP contribution in [0.5, 0.6) is 0 Å². The molecular weight excluding hydrogens is 128 g/mol. The van der Waals surface area contributed by atoms with Gasteiger partial charge in [0.25, 0.3) is 0 Å². The van der Waals surface area contributed by atoms with E-state index < -0.39 is 0 Å². The highest BCUT2D eigenvalue weighted by atomic mass is 15.2. The minimum Gasteiger partial charge on any atom is -0.382 e. The van der Waals surface area contributed by atoms with Crippen molar-refractivity contribution in [1.29, 1.82) is 0 Å². The van der Waals surface area contributed by atoms with E-state index in [4.69, 9.17) is 5.73 Å². The number of aryl methyl sites for hydroxylation is 1. The Hall–Kier alpha value is -1.19. The zero-order valence-electron chi connectivity index (χ0n) is 6.47. The Morgan fingerprint density at radius 3 is 2.30 bits per heavy atom. The number of aromatic amines is 1. The molecule has 4 heteroatoms. The van der Waals surface area contributed by atoms with Crippen molar-refractivity contribution in [1.82, 2.24) is 9.97 Å². The largest absolute Gasteiger partial charge is 0.382 e. The van der Waals surface area contributed by atoms with E-state index in [0.717, 1.165) is 11.6 Å². The Balaban J connectivity index is 3.03. The third-order valence-corrected chi connectivity index (χ3v) is 1.25. The zero-order chi connectivity index (χ0) is 7.72. The molecule has 0 atom stereocenters. The summed E-state index contributed by atoms with van der Waals surface area (Å²) < 4.78 is 0. The lowest BCUT2D eigenvalue weighted by Gasteiger charge is -2.07. The fraction of sp³-hybridized carbons (Fsp3) is 0.500. The molecule has 4 nitrogen and oxygen atoms in total. The van der Waals surface area contributed by atoms with Gasteiger partial charge in [0, 0.05) is 14.1 Å². The molecule has 1 rings (SSSR count). The van der Waals surface area contributed by atoms with E-state index in [-0.39, 0.29) is 0 Å². The van der Waals surface area contributed by atoms with Crippen LogP contribution in [-0.4, -0.2) is 24.1 Å². The fourth-order valence-electron chi connectivity index (χ4n) is 0.839. The fourth-order valence-corrected chi connectivity index (χ4v) is 0.839. The van der Waals surface area contributed by atoms with Gasteiger partial charge in [0.2, 0.25) is 0 Å². The summed E-state index contributed by atoms with van der Waals surface area (Å²) in [5.41, 5.74) is 5.58. The van der Waals surface area contributed by atoms with Crippen molar-refractivity contribution in [3.63, 3.8) is 0 Å². The predicted octanol–water partition coefficient (Wildman–Crippen LogP) is 0.366. The second kappa shape index (κ2) is 2.21. The Bertz CT molecular complexity index is 226. The van der Waals surface area contributed by atoms with Gasteiger partial charge in [0.05, 0.1) is 0 Å². The van der Waals surface area contributed by atoms with Crippen molar-refractivity contribution in [2.24, 2.45) is 0 Å². The summed E-state index contributed by atoms with van der Waals surface area (Å²) >= 11 is 0. The first-order valence-corrected chi connectivity index (χ1v) is 3.10. The van der Waals surface area contributed by atoms with Gasteiger partial charge in [-0.2, -0.15) is 0 Å². The first kappa shape index (κ1) is 6.92. The van der Waals surface area contributed by atoms with Gasteiger partial charge >= 0.3 is 0 Å². The molecule has 0 bridgehead atoms. The van der Waals surface area contributed by atoms with Gasteiger partial charge in [-0.1, -0.05) is 0 Å². The Labute approximate surface area is 60.1 Å². The number of rotatable bonds is 1. The molecule has 0 aliphatic heterocycles. The SMILES string of the molecule is Cc1nc(N(C)C)c(N)[nH]1. The van der Waals surface area contributed by atoms with Gasteiger partial charge < -0.3 is 15.6 Å². The minimum atomic E-state index is 0.627. The second-order valence-corrected chi connectivity index (χ2v) is 2.45. The molecular formula is C6H12N4. The van der Waals surface area contributed by atoms with E-state index in [1.807, 2.05) is 25.9 Å². The Kier molecular flexibility index (Phi) is 1.53. The molecule has 0 saturated carbocycles. The molecule has 0 aliphatic rings. The van der Waals surface area contributed by atoms with Crippen molar-refractivity contribution in [2.75, 3.05) is 24.7 Å². The summed E-state index contributed by atoms with van der Waals surface area (Å²) in [5.74, 6) is 2.28. The van der Waals surface area contributed by atoms with Crippen molar-refractivity contribution in [2.45, 2.75) is 6.92 Å². The summed E-state index contributed by atoms with van der Waals surface area (Å²) in [5, 5.41) is 0. The minimum absolute atomic E-state index is 0.627. The third kappa shape index (κ3) is 1.05. The van der Waals surface area contributed by atoms with Crippen molar-refractivity contribution < 1.29 is 0 Å². The number of aromatic nitrogens is 2. The number of nitrogens with zero attached hydrogens (tertiary/aromatic N) is 2. The summed E-state index contributed by atoms with van der Waals surface area (Å²) in [7, 11) is 3.82. The van der Waals surface area contributed by atoms with Crippen LogP contribution < -0.4 is 10.6 Å². The van der Waals surface area contributed by atoms with Gasteiger partial charge in [0.1, 0.15) is 11.6 Å². The molecule has 1 aromatic heterocycles. The van der Waals surface area contributed by atoms with Crippen LogP contribution in [0.2, 0.25) is 0 Å². The first-order chi connectivity index (χ1) is 4.61. The number of hydrogen-bond acceptors (Lipinski definition) is 3. The molecule has 0 spiro atoms. The molecule has 10 heavy (non-hydrogen) atoms. The monoisotopic (exact) mass is 140 g/mol. The molecule has 1 heterocycles. The molecule has 0 radical (unpaired) electrons. The zero-order valence-corrected chi connectivity index (χ0v) is 6.47. The number of nitrogens with one attached hydrogen (secondary N) is 1. The summed E-state index contributed by atoms with van der Waals surface area (Å²) in [4.78, 5) is 8.94. The van der Waals surface area contributed by atoms with E-state index in [1.54, 1.807) is 0 Å². The Morgan fingerprint density at radius 1 is 1.50 bits per heavy atom. The maximum atomic E-state index is 5.58. The van der Waals surface area contributed by atoms with E-state index in [2.05, 4.69) is 9.97 Å². The average molecular weight is 140 g/mol. The van der Waals surface area contributed by atoms with Crippen molar-refractivity contribution >= 4 is 11.6 Å². The van der Waals surface area contributed by atoms with E-state index in [0.29, 0.717) is 5.82 Å². The van der Waals surface area contributed by atoms with E-state index >= 15 is 0 Å². The number of nitrogen functional groups attached to an aromatic ring is 1. The number of hydrogen-bond donors (Lipinski definition) is 2. The van der Waals surface area contributed by atoms with Crippen LogP contribution in [0.4, 0.5) is 11.6 Å². The van der Waals surface area contributed by atoms with E-state index in [9.17, 15) is 0 Å². The number of H-pyrrole nitrogens is 1. The molecule has 0 amide bonds. The van der Waals surface area contributed by atoms with Gasteiger partial charge in [-0.3, -0.25) is 0 Å². The maximum Gasteiger partial charge on any atom is 0.170 e. The molecule has 0 aromatic carbocycles. The lowest BCUT2D eigenvalue weighted by molar-refractivity contribution is 1.07. The Morgan fingerprint density at radius 2 is 2.10 bits per heavy atom. The van der Waals surface area contributed by atoms with Gasteiger partial charge in [-0.25, -0.2) is 4.98 Å². The predicted molar refractivity (Wildman–Crippen MR) is 42.1 cm³/mol. The third-order valence-electron chi connectivity index (χ3n) is 1.25. The maximum absolute atomic E-state index is 5.58. The topological polar surface area (TPSA) is 57.9 Å². The van der Waals surface area contributed by atoms with Gasteiger partial charge in [0.15, 0.2) is 5.82 Å². The van der Waals surface area contributed by atoms with Crippen molar-refractivity contribution in [3.05, 3.63) is 5.82 Å². The molecule has 1 aromatic rings. The highest BCUT2D eigenvalue weighted by Gasteiger charge is 2.04. The van der Waals surface area contributed by atoms with Crippen LogP contribution in [0, 0.1) is 6.92 Å². The smallest absolute Gasteiger partial charge is 0.170 e. The van der Waals surface area contributed by atoms with Gasteiger partial charge in [-0.15, -0.1) is 0 Å². The highest BCUT2D eigenvalue weighted by Crippen LogP contribution is 2.15. The molecule has 0 saturated heterocycles. The number of nitrogens with two attached hydrogens (primary N) is 1. The standard InChI is InChI=1S/C6H12N4/c1-4-8-5(7)6(9-4)10(2)3/h7H2,1-3H3,(H,8,9). The van der Waals surface area contributed by atoms with Crippen LogP contribution >= 0.6 is 0 Å². The average Bonchev–Trinajstić information content (AvgIpc) is 2.10.